The van der Waals surface area contributed by atoms with Crippen LogP contribution in [0, 0.1) is 6.92 Å². The van der Waals surface area contributed by atoms with E-state index >= 15 is 0 Å². The van der Waals surface area contributed by atoms with Gasteiger partial charge in [-0.05, 0) is 44.4 Å². The van der Waals surface area contributed by atoms with E-state index in [0.717, 1.165) is 24.1 Å². The predicted octanol–water partition coefficient (Wildman–Crippen LogP) is 3.35. The van der Waals surface area contributed by atoms with Crippen LogP contribution in [0.1, 0.15) is 49.5 Å². The summed E-state index contributed by atoms with van der Waals surface area (Å²) in [5, 5.41) is 3.48. The first-order valence-electron chi connectivity index (χ1n) is 6.63. The van der Waals surface area contributed by atoms with E-state index in [1.807, 2.05) is 13.0 Å². The van der Waals surface area contributed by atoms with Gasteiger partial charge in [-0.1, -0.05) is 13.8 Å². The molecule has 0 aromatic heterocycles. The molecule has 1 rings (SSSR count). The normalized spacial score (nSPS) is 11.2. The maximum absolute atomic E-state index is 11.7. The summed E-state index contributed by atoms with van der Waals surface area (Å²) in [7, 11) is 1.36. The zero-order valence-corrected chi connectivity index (χ0v) is 12.5. The van der Waals surface area contributed by atoms with Crippen molar-refractivity contribution in [2.75, 3.05) is 18.2 Å². The van der Waals surface area contributed by atoms with Gasteiger partial charge >= 0.3 is 5.97 Å². The van der Waals surface area contributed by atoms with Crippen LogP contribution in [0.4, 0.5) is 11.4 Å². The van der Waals surface area contributed by atoms with Gasteiger partial charge in [0, 0.05) is 16.9 Å². The highest BCUT2D eigenvalue weighted by molar-refractivity contribution is 5.97. The van der Waals surface area contributed by atoms with Crippen molar-refractivity contribution in [2.45, 2.75) is 46.1 Å². The van der Waals surface area contributed by atoms with Crippen LogP contribution in [-0.2, 0) is 4.74 Å². The monoisotopic (exact) mass is 264 g/mol. The number of hydrogen-bond acceptors (Lipinski definition) is 4. The third-order valence-electron chi connectivity index (χ3n) is 3.80. The first kappa shape index (κ1) is 15.3. The number of nitrogens with one attached hydrogen (secondary N) is 1. The average Bonchev–Trinajstić information content (AvgIpc) is 2.41. The van der Waals surface area contributed by atoms with Crippen molar-refractivity contribution in [2.24, 2.45) is 0 Å². The van der Waals surface area contributed by atoms with Gasteiger partial charge in [-0.3, -0.25) is 0 Å². The fourth-order valence-electron chi connectivity index (χ4n) is 1.92. The van der Waals surface area contributed by atoms with E-state index in [2.05, 4.69) is 26.1 Å². The number of nitrogens with two attached hydrogens (primary N) is 1. The van der Waals surface area contributed by atoms with Crippen LogP contribution in [0.25, 0.3) is 0 Å². The lowest BCUT2D eigenvalue weighted by Gasteiger charge is -2.30. The second-order valence-corrected chi connectivity index (χ2v) is 5.14. The van der Waals surface area contributed by atoms with Crippen LogP contribution in [-0.4, -0.2) is 18.6 Å². The summed E-state index contributed by atoms with van der Waals surface area (Å²) in [5.41, 5.74) is 8.61. The number of carbonyl (C=O) groups is 1. The van der Waals surface area contributed by atoms with Gasteiger partial charge in [0.05, 0.1) is 12.7 Å². The number of methoxy groups -OCH3 is 1. The molecule has 0 aliphatic heterocycles. The Hall–Kier alpha value is -1.71. The summed E-state index contributed by atoms with van der Waals surface area (Å²) in [6.07, 6.45) is 2.00. The highest BCUT2D eigenvalue weighted by Gasteiger charge is 2.21. The third-order valence-corrected chi connectivity index (χ3v) is 3.80. The van der Waals surface area contributed by atoms with Crippen LogP contribution < -0.4 is 11.1 Å². The molecule has 0 heterocycles. The van der Waals surface area contributed by atoms with E-state index in [0.29, 0.717) is 11.3 Å². The molecule has 4 nitrogen and oxygen atoms in total. The van der Waals surface area contributed by atoms with E-state index < -0.39 is 5.97 Å². The highest BCUT2D eigenvalue weighted by atomic mass is 16.5. The van der Waals surface area contributed by atoms with Crippen molar-refractivity contribution in [1.82, 2.24) is 0 Å². The molecule has 0 fully saturated rings. The lowest BCUT2D eigenvalue weighted by Crippen LogP contribution is -2.33. The van der Waals surface area contributed by atoms with E-state index in [9.17, 15) is 4.79 Å². The maximum Gasteiger partial charge on any atom is 0.340 e. The highest BCUT2D eigenvalue weighted by Crippen LogP contribution is 2.27. The van der Waals surface area contributed by atoms with Crippen molar-refractivity contribution in [3.05, 3.63) is 23.3 Å². The Labute approximate surface area is 115 Å². The number of nitrogen functional groups attached to an aromatic ring is 1. The maximum atomic E-state index is 11.7. The largest absolute Gasteiger partial charge is 0.465 e. The minimum atomic E-state index is -0.404. The predicted molar refractivity (Wildman–Crippen MR) is 79.5 cm³/mol. The molecule has 0 saturated carbocycles. The standard InChI is InChI=1S/C15H24N2O2/c1-6-15(4,7-2)17-11-8-10(3)13(16)12(9-11)14(18)19-5/h8-9,17H,6-7,16H2,1-5H3. The van der Waals surface area contributed by atoms with Crippen LogP contribution in [0.3, 0.4) is 0 Å². The summed E-state index contributed by atoms with van der Waals surface area (Å²) >= 11 is 0. The molecule has 0 unspecified atom stereocenters. The van der Waals surface area contributed by atoms with E-state index in [1.165, 1.54) is 7.11 Å². The van der Waals surface area contributed by atoms with E-state index in [4.69, 9.17) is 10.5 Å². The molecule has 0 amide bonds. The van der Waals surface area contributed by atoms with Crippen LogP contribution in [0.15, 0.2) is 12.1 Å². The van der Waals surface area contributed by atoms with Crippen LogP contribution in [0.2, 0.25) is 0 Å². The number of ether oxygens (including phenoxy) is 1. The number of hydrogen-bond donors (Lipinski definition) is 2. The van der Waals surface area contributed by atoms with Crippen molar-refractivity contribution in [3.8, 4) is 0 Å². The number of aryl methyl sites for hydroxylation is 1. The molecular formula is C15H24N2O2. The Morgan fingerprint density at radius 3 is 2.42 bits per heavy atom. The van der Waals surface area contributed by atoms with Crippen molar-refractivity contribution < 1.29 is 9.53 Å². The Morgan fingerprint density at radius 2 is 1.95 bits per heavy atom. The first-order valence-corrected chi connectivity index (χ1v) is 6.63. The smallest absolute Gasteiger partial charge is 0.340 e. The zero-order valence-electron chi connectivity index (χ0n) is 12.5. The van der Waals surface area contributed by atoms with Gasteiger partial charge in [0.1, 0.15) is 0 Å². The SMILES string of the molecule is CCC(C)(CC)Nc1cc(C)c(N)c(C(=O)OC)c1. The minimum absolute atomic E-state index is 0.00987. The van der Waals surface area contributed by atoms with E-state index in [1.54, 1.807) is 6.07 Å². The molecular weight excluding hydrogens is 240 g/mol. The summed E-state index contributed by atoms with van der Waals surface area (Å²) < 4.78 is 4.76. The molecule has 1 aromatic rings. The molecule has 0 radical (unpaired) electrons. The van der Waals surface area contributed by atoms with Gasteiger partial charge in [-0.25, -0.2) is 4.79 Å². The lowest BCUT2D eigenvalue weighted by atomic mass is 9.94. The molecule has 0 atom stereocenters. The van der Waals surface area contributed by atoms with Gasteiger partial charge in [0.2, 0.25) is 0 Å². The van der Waals surface area contributed by atoms with Gasteiger partial charge in [-0.15, -0.1) is 0 Å². The molecule has 106 valence electrons. The van der Waals surface area contributed by atoms with Crippen molar-refractivity contribution >= 4 is 17.3 Å². The van der Waals surface area contributed by atoms with Gasteiger partial charge in [0.15, 0.2) is 0 Å². The number of benzene rings is 1. The number of rotatable bonds is 5. The third kappa shape index (κ3) is 3.40. The number of esters is 1. The van der Waals surface area contributed by atoms with Gasteiger partial charge in [-0.2, -0.15) is 0 Å². The second-order valence-electron chi connectivity index (χ2n) is 5.14. The van der Waals surface area contributed by atoms with Crippen molar-refractivity contribution in [3.63, 3.8) is 0 Å². The fourth-order valence-corrected chi connectivity index (χ4v) is 1.92. The lowest BCUT2D eigenvalue weighted by molar-refractivity contribution is 0.0602. The summed E-state index contributed by atoms with van der Waals surface area (Å²) in [5.74, 6) is -0.404. The minimum Gasteiger partial charge on any atom is -0.465 e. The average molecular weight is 264 g/mol. The molecule has 0 saturated heterocycles. The van der Waals surface area contributed by atoms with Gasteiger partial charge in [0.25, 0.3) is 0 Å². The molecule has 19 heavy (non-hydrogen) atoms. The molecule has 0 bridgehead atoms. The Bertz CT molecular complexity index is 465. The van der Waals surface area contributed by atoms with Crippen molar-refractivity contribution in [1.29, 1.82) is 0 Å². The molecule has 4 heteroatoms. The fraction of sp³-hybridized carbons (Fsp3) is 0.533. The molecule has 0 spiro atoms. The Balaban J connectivity index is 3.17. The summed E-state index contributed by atoms with van der Waals surface area (Å²) in [6.45, 7) is 8.34. The first-order chi connectivity index (χ1) is 8.86. The molecule has 1 aromatic carbocycles. The van der Waals surface area contributed by atoms with E-state index in [-0.39, 0.29) is 5.54 Å². The quantitative estimate of drug-likeness (QED) is 0.632. The number of carbonyl (C=O) groups excluding carboxylic acids is 1. The number of anilines is 2. The topological polar surface area (TPSA) is 64.3 Å². The Morgan fingerprint density at radius 1 is 1.37 bits per heavy atom. The summed E-state index contributed by atoms with van der Waals surface area (Å²) in [6, 6.07) is 3.73. The molecule has 3 N–H and O–H groups in total. The zero-order chi connectivity index (χ0) is 14.6. The second kappa shape index (κ2) is 5.95. The van der Waals surface area contributed by atoms with Crippen LogP contribution in [0.5, 0.6) is 0 Å². The van der Waals surface area contributed by atoms with Gasteiger partial charge < -0.3 is 15.8 Å². The van der Waals surface area contributed by atoms with Crippen LogP contribution >= 0.6 is 0 Å². The molecule has 0 aliphatic rings. The molecule has 0 aliphatic carbocycles. The summed E-state index contributed by atoms with van der Waals surface area (Å²) in [4.78, 5) is 11.7. The Kier molecular flexibility index (Phi) is 4.81.